The van der Waals surface area contributed by atoms with Gasteiger partial charge in [-0.3, -0.25) is 9.59 Å². The third kappa shape index (κ3) is 6.51. The molecule has 0 saturated heterocycles. The number of rotatable bonds is 10. The molecule has 0 aliphatic rings. The van der Waals surface area contributed by atoms with E-state index in [2.05, 4.69) is 22.5 Å². The molecule has 0 spiro atoms. The molecule has 2 rings (SSSR count). The Kier molecular flexibility index (Phi) is 7.91. The first-order chi connectivity index (χ1) is 13.1. The summed E-state index contributed by atoms with van der Waals surface area (Å²) in [6.45, 7) is 6.72. The van der Waals surface area contributed by atoms with Crippen molar-refractivity contribution in [1.82, 2.24) is 5.32 Å². The molecule has 142 valence electrons. The van der Waals surface area contributed by atoms with Gasteiger partial charge < -0.3 is 20.7 Å². The van der Waals surface area contributed by atoms with E-state index in [9.17, 15) is 9.59 Å². The summed E-state index contributed by atoms with van der Waals surface area (Å²) < 4.78 is 5.52. The highest BCUT2D eigenvalue weighted by atomic mass is 16.5. The summed E-state index contributed by atoms with van der Waals surface area (Å²) in [4.78, 5) is 24.1. The average molecular weight is 367 g/mol. The molecule has 6 heteroatoms. The summed E-state index contributed by atoms with van der Waals surface area (Å²) in [7, 11) is 0. The van der Waals surface area contributed by atoms with Crippen LogP contribution < -0.4 is 20.7 Å². The van der Waals surface area contributed by atoms with Crippen molar-refractivity contribution < 1.29 is 14.3 Å². The second kappa shape index (κ2) is 10.7. The molecule has 0 radical (unpaired) electrons. The molecular weight excluding hydrogens is 342 g/mol. The second-order valence-corrected chi connectivity index (χ2v) is 5.83. The summed E-state index contributed by atoms with van der Waals surface area (Å²) in [6.07, 6.45) is 2.54. The van der Waals surface area contributed by atoms with Crippen molar-refractivity contribution in [1.29, 1.82) is 0 Å². The quantitative estimate of drug-likeness (QED) is 0.562. The van der Waals surface area contributed by atoms with Crippen molar-refractivity contribution in [2.75, 3.05) is 30.3 Å². The normalized spacial score (nSPS) is 9.96. The Morgan fingerprint density at radius 3 is 2.56 bits per heavy atom. The van der Waals surface area contributed by atoms with Crippen LogP contribution in [0.3, 0.4) is 0 Å². The van der Waals surface area contributed by atoms with E-state index < -0.39 is 0 Å². The van der Waals surface area contributed by atoms with Gasteiger partial charge in [0.1, 0.15) is 12.4 Å². The zero-order valence-electron chi connectivity index (χ0n) is 15.5. The smallest absolute Gasteiger partial charge is 0.251 e. The molecule has 0 saturated carbocycles. The van der Waals surface area contributed by atoms with Crippen LogP contribution in [-0.2, 0) is 4.79 Å². The van der Waals surface area contributed by atoms with Gasteiger partial charge in [0.05, 0.1) is 12.2 Å². The second-order valence-electron chi connectivity index (χ2n) is 5.83. The lowest BCUT2D eigenvalue weighted by Gasteiger charge is -2.12. The highest BCUT2D eigenvalue weighted by Gasteiger charge is 2.08. The lowest BCUT2D eigenvalue weighted by molar-refractivity contribution is -0.114. The lowest BCUT2D eigenvalue weighted by Crippen LogP contribution is -2.24. The van der Waals surface area contributed by atoms with E-state index in [1.54, 1.807) is 42.5 Å². The molecule has 2 aromatic rings. The van der Waals surface area contributed by atoms with Crippen LogP contribution in [0.5, 0.6) is 5.75 Å². The number of carbonyl (C=O) groups excluding carboxylic acids is 2. The van der Waals surface area contributed by atoms with Crippen LogP contribution in [0.2, 0.25) is 0 Å². The average Bonchev–Trinajstić information content (AvgIpc) is 2.70. The van der Waals surface area contributed by atoms with Gasteiger partial charge in [0.25, 0.3) is 5.91 Å². The van der Waals surface area contributed by atoms with Crippen LogP contribution in [0.4, 0.5) is 11.4 Å². The summed E-state index contributed by atoms with van der Waals surface area (Å²) in [5, 5.41) is 8.68. The van der Waals surface area contributed by atoms with Crippen LogP contribution >= 0.6 is 0 Å². The first-order valence-electron chi connectivity index (χ1n) is 8.88. The fourth-order valence-electron chi connectivity index (χ4n) is 2.30. The summed E-state index contributed by atoms with van der Waals surface area (Å²) in [5.74, 6) is 0.292. The molecule has 0 heterocycles. The third-order valence-electron chi connectivity index (χ3n) is 3.65. The molecule has 0 bridgehead atoms. The number of para-hydroxylation sites is 2. The number of amides is 2. The Hall–Kier alpha value is -3.28. The van der Waals surface area contributed by atoms with Crippen molar-refractivity contribution in [2.45, 2.75) is 13.3 Å². The lowest BCUT2D eigenvalue weighted by atomic mass is 10.2. The minimum Gasteiger partial charge on any atom is -0.487 e. The number of hydrogen-bond donors (Lipinski definition) is 3. The van der Waals surface area contributed by atoms with Gasteiger partial charge in [-0.15, -0.1) is 0 Å². The molecule has 0 aliphatic carbocycles. The molecule has 6 nitrogen and oxygen atoms in total. The number of anilines is 2. The Labute approximate surface area is 159 Å². The maximum absolute atomic E-state index is 12.2. The van der Waals surface area contributed by atoms with Gasteiger partial charge in [-0.05, 0) is 42.8 Å². The summed E-state index contributed by atoms with van der Waals surface area (Å²) >= 11 is 0. The van der Waals surface area contributed by atoms with Gasteiger partial charge in [0.15, 0.2) is 0 Å². The SMILES string of the molecule is C=CCOc1ccccc1NC(=O)CNc1ccc(C(=O)NCCC)cc1. The molecule has 2 amide bonds. The van der Waals surface area contributed by atoms with Crippen LogP contribution in [0.25, 0.3) is 0 Å². The van der Waals surface area contributed by atoms with E-state index in [0.29, 0.717) is 30.2 Å². The molecule has 0 aromatic heterocycles. The molecular formula is C21H25N3O3. The van der Waals surface area contributed by atoms with Crippen LogP contribution in [0.15, 0.2) is 61.2 Å². The molecule has 0 fully saturated rings. The zero-order valence-corrected chi connectivity index (χ0v) is 15.5. The van der Waals surface area contributed by atoms with E-state index in [1.807, 2.05) is 19.1 Å². The predicted octanol–water partition coefficient (Wildman–Crippen LogP) is 3.44. The Balaban J connectivity index is 1.87. The van der Waals surface area contributed by atoms with E-state index in [4.69, 9.17) is 4.74 Å². The van der Waals surface area contributed by atoms with Gasteiger partial charge in [-0.25, -0.2) is 0 Å². The zero-order chi connectivity index (χ0) is 19.5. The van der Waals surface area contributed by atoms with Crippen molar-refractivity contribution in [3.05, 3.63) is 66.7 Å². The number of nitrogens with one attached hydrogen (secondary N) is 3. The van der Waals surface area contributed by atoms with E-state index >= 15 is 0 Å². The molecule has 0 unspecified atom stereocenters. The van der Waals surface area contributed by atoms with Gasteiger partial charge in [0, 0.05) is 17.8 Å². The Morgan fingerprint density at radius 2 is 1.85 bits per heavy atom. The highest BCUT2D eigenvalue weighted by molar-refractivity contribution is 5.96. The standard InChI is InChI=1S/C21H25N3O3/c1-3-13-22-21(26)16-9-11-17(12-10-16)23-15-20(25)24-18-7-5-6-8-19(18)27-14-4-2/h4-12,23H,2-3,13-15H2,1H3,(H,22,26)(H,24,25). The first-order valence-corrected chi connectivity index (χ1v) is 8.88. The maximum atomic E-state index is 12.2. The molecule has 2 aromatic carbocycles. The minimum atomic E-state index is -0.200. The fourth-order valence-corrected chi connectivity index (χ4v) is 2.30. The maximum Gasteiger partial charge on any atom is 0.251 e. The molecule has 27 heavy (non-hydrogen) atoms. The molecule has 3 N–H and O–H groups in total. The monoisotopic (exact) mass is 367 g/mol. The molecule has 0 aliphatic heterocycles. The number of hydrogen-bond acceptors (Lipinski definition) is 4. The van der Waals surface area contributed by atoms with Crippen molar-refractivity contribution >= 4 is 23.2 Å². The van der Waals surface area contributed by atoms with E-state index in [1.165, 1.54) is 0 Å². The fraction of sp³-hybridized carbons (Fsp3) is 0.238. The van der Waals surface area contributed by atoms with Gasteiger partial charge >= 0.3 is 0 Å². The van der Waals surface area contributed by atoms with Crippen LogP contribution in [-0.4, -0.2) is 31.5 Å². The van der Waals surface area contributed by atoms with Crippen molar-refractivity contribution in [2.24, 2.45) is 0 Å². The number of ether oxygens (including phenoxy) is 1. The van der Waals surface area contributed by atoms with Crippen LogP contribution in [0.1, 0.15) is 23.7 Å². The van der Waals surface area contributed by atoms with Crippen molar-refractivity contribution in [3.8, 4) is 5.75 Å². The molecule has 0 atom stereocenters. The van der Waals surface area contributed by atoms with Crippen LogP contribution in [0, 0.1) is 0 Å². The third-order valence-corrected chi connectivity index (χ3v) is 3.65. The topological polar surface area (TPSA) is 79.5 Å². The Morgan fingerprint density at radius 1 is 1.11 bits per heavy atom. The van der Waals surface area contributed by atoms with E-state index in [-0.39, 0.29) is 18.4 Å². The first kappa shape index (κ1) is 20.0. The minimum absolute atomic E-state index is 0.0944. The summed E-state index contributed by atoms with van der Waals surface area (Å²) in [5.41, 5.74) is 1.95. The Bertz CT molecular complexity index is 772. The van der Waals surface area contributed by atoms with Gasteiger partial charge in [-0.2, -0.15) is 0 Å². The predicted molar refractivity (Wildman–Crippen MR) is 108 cm³/mol. The van der Waals surface area contributed by atoms with E-state index in [0.717, 1.165) is 12.1 Å². The van der Waals surface area contributed by atoms with Gasteiger partial charge in [-0.1, -0.05) is 31.7 Å². The van der Waals surface area contributed by atoms with Gasteiger partial charge in [0.2, 0.25) is 5.91 Å². The number of benzene rings is 2. The van der Waals surface area contributed by atoms with Crippen molar-refractivity contribution in [3.63, 3.8) is 0 Å². The largest absolute Gasteiger partial charge is 0.487 e. The highest BCUT2D eigenvalue weighted by Crippen LogP contribution is 2.23. The number of carbonyl (C=O) groups is 2. The summed E-state index contributed by atoms with van der Waals surface area (Å²) in [6, 6.07) is 14.2.